The summed E-state index contributed by atoms with van der Waals surface area (Å²) < 4.78 is 63.2. The molecule has 22 heavy (non-hydrogen) atoms. The van der Waals surface area contributed by atoms with E-state index >= 15 is 0 Å². The molecule has 5 nitrogen and oxygen atoms in total. The Kier molecular flexibility index (Phi) is 4.48. The third kappa shape index (κ3) is 3.77. The molecule has 0 spiro atoms. The molecule has 1 aliphatic rings. The number of nitrogens with zero attached hydrogens (tertiary/aromatic N) is 1. The van der Waals surface area contributed by atoms with Crippen molar-refractivity contribution in [2.24, 2.45) is 5.92 Å². The van der Waals surface area contributed by atoms with Crippen molar-refractivity contribution in [2.45, 2.75) is 18.3 Å². The molecule has 0 radical (unpaired) electrons. The van der Waals surface area contributed by atoms with Gasteiger partial charge in [0.1, 0.15) is 0 Å². The molecule has 0 aromatic heterocycles. The standard InChI is InChI=1S/C13H14F3NO4S/c14-13(15,16)11-3-1-2-9(6-11)8-22(20,21)17-5-4-10(7-17)12(18)19/h1-3,6,10H,4-5,7-8H2,(H,18,19). The Morgan fingerprint density at radius 2 is 2.05 bits per heavy atom. The summed E-state index contributed by atoms with van der Waals surface area (Å²) in [7, 11) is -3.84. The maximum Gasteiger partial charge on any atom is 0.416 e. The molecule has 0 bridgehead atoms. The monoisotopic (exact) mass is 337 g/mol. The van der Waals surface area contributed by atoms with Crippen molar-refractivity contribution in [2.75, 3.05) is 13.1 Å². The van der Waals surface area contributed by atoms with E-state index in [-0.39, 0.29) is 25.1 Å². The van der Waals surface area contributed by atoms with E-state index in [0.29, 0.717) is 0 Å². The molecule has 0 aliphatic carbocycles. The second-order valence-corrected chi connectivity index (χ2v) is 7.11. The van der Waals surface area contributed by atoms with Crippen LogP contribution in [0.25, 0.3) is 0 Å². The molecule has 1 heterocycles. The number of hydrogen-bond acceptors (Lipinski definition) is 3. The van der Waals surface area contributed by atoms with Crippen molar-refractivity contribution >= 4 is 16.0 Å². The van der Waals surface area contributed by atoms with E-state index in [2.05, 4.69) is 0 Å². The van der Waals surface area contributed by atoms with Crippen LogP contribution in [0.3, 0.4) is 0 Å². The zero-order valence-electron chi connectivity index (χ0n) is 11.4. The third-order valence-corrected chi connectivity index (χ3v) is 5.31. The van der Waals surface area contributed by atoms with Gasteiger partial charge in [-0.25, -0.2) is 12.7 Å². The summed E-state index contributed by atoms with van der Waals surface area (Å²) in [5.74, 6) is -2.42. The smallest absolute Gasteiger partial charge is 0.416 e. The van der Waals surface area contributed by atoms with E-state index < -0.39 is 39.4 Å². The number of hydrogen-bond donors (Lipinski definition) is 1. The lowest BCUT2D eigenvalue weighted by molar-refractivity contribution is -0.141. The van der Waals surface area contributed by atoms with Crippen molar-refractivity contribution in [3.63, 3.8) is 0 Å². The molecule has 1 N–H and O–H groups in total. The van der Waals surface area contributed by atoms with Gasteiger partial charge in [-0.1, -0.05) is 18.2 Å². The molecule has 1 aromatic rings. The molecule has 1 aliphatic heterocycles. The van der Waals surface area contributed by atoms with Crippen molar-refractivity contribution in [3.05, 3.63) is 35.4 Å². The van der Waals surface area contributed by atoms with E-state index in [4.69, 9.17) is 5.11 Å². The topological polar surface area (TPSA) is 74.7 Å². The minimum Gasteiger partial charge on any atom is -0.481 e. The maximum atomic E-state index is 12.6. The molecular weight excluding hydrogens is 323 g/mol. The summed E-state index contributed by atoms with van der Waals surface area (Å²) in [6.07, 6.45) is -4.33. The molecule has 1 fully saturated rings. The fraction of sp³-hybridized carbons (Fsp3) is 0.462. The average Bonchev–Trinajstić information content (AvgIpc) is 2.88. The van der Waals surface area contributed by atoms with Gasteiger partial charge in [0.25, 0.3) is 0 Å². The number of rotatable bonds is 4. The van der Waals surface area contributed by atoms with Gasteiger partial charge in [-0.15, -0.1) is 0 Å². The minimum absolute atomic E-state index is 0.0219. The lowest BCUT2D eigenvalue weighted by Crippen LogP contribution is -2.31. The third-order valence-electron chi connectivity index (χ3n) is 3.50. The SMILES string of the molecule is O=C(O)C1CCN(S(=O)(=O)Cc2cccc(C(F)(F)F)c2)C1. The fourth-order valence-electron chi connectivity index (χ4n) is 2.32. The van der Waals surface area contributed by atoms with E-state index in [1.165, 1.54) is 6.07 Å². The lowest BCUT2D eigenvalue weighted by Gasteiger charge is -2.16. The highest BCUT2D eigenvalue weighted by Crippen LogP contribution is 2.30. The van der Waals surface area contributed by atoms with Crippen LogP contribution in [0.15, 0.2) is 24.3 Å². The van der Waals surface area contributed by atoms with E-state index in [1.807, 2.05) is 0 Å². The van der Waals surface area contributed by atoms with Gasteiger partial charge >= 0.3 is 12.1 Å². The van der Waals surface area contributed by atoms with Crippen molar-refractivity contribution in [1.29, 1.82) is 0 Å². The molecule has 1 aromatic carbocycles. The van der Waals surface area contributed by atoms with Crippen LogP contribution in [0.5, 0.6) is 0 Å². The Hall–Kier alpha value is -1.61. The van der Waals surface area contributed by atoms with Gasteiger partial charge in [-0.2, -0.15) is 13.2 Å². The average molecular weight is 337 g/mol. The molecule has 0 amide bonds. The Bertz CT molecular complexity index is 672. The zero-order valence-corrected chi connectivity index (χ0v) is 12.2. The minimum atomic E-state index is -4.54. The number of sulfonamides is 1. The second-order valence-electron chi connectivity index (χ2n) is 5.14. The van der Waals surface area contributed by atoms with Crippen molar-refractivity contribution < 1.29 is 31.5 Å². The summed E-state index contributed by atoms with van der Waals surface area (Å²) >= 11 is 0. The summed E-state index contributed by atoms with van der Waals surface area (Å²) in [5.41, 5.74) is -0.890. The van der Waals surface area contributed by atoms with Gasteiger partial charge in [-0.05, 0) is 18.1 Å². The highest BCUT2D eigenvalue weighted by Gasteiger charge is 2.35. The number of carbonyl (C=O) groups is 1. The summed E-state index contributed by atoms with van der Waals surface area (Å²) in [6.45, 7) is -0.0745. The molecule has 1 saturated heterocycles. The van der Waals surface area contributed by atoms with Crippen LogP contribution in [-0.2, 0) is 26.7 Å². The molecule has 1 unspecified atom stereocenters. The lowest BCUT2D eigenvalue weighted by atomic mass is 10.1. The number of carboxylic acid groups (broad SMARTS) is 1. The second kappa shape index (κ2) is 5.88. The highest BCUT2D eigenvalue weighted by molar-refractivity contribution is 7.88. The number of aliphatic carboxylic acids is 1. The van der Waals surface area contributed by atoms with Gasteiger partial charge in [-0.3, -0.25) is 4.79 Å². The van der Waals surface area contributed by atoms with Crippen LogP contribution in [0, 0.1) is 5.92 Å². The first-order chi connectivity index (χ1) is 10.1. The van der Waals surface area contributed by atoms with Gasteiger partial charge < -0.3 is 5.11 Å². The van der Waals surface area contributed by atoms with Crippen LogP contribution in [-0.4, -0.2) is 36.9 Å². The molecule has 0 saturated carbocycles. The highest BCUT2D eigenvalue weighted by atomic mass is 32.2. The Labute approximate surface area is 125 Å². The predicted octanol–water partition coefficient (Wildman–Crippen LogP) is 1.94. The zero-order chi connectivity index (χ0) is 16.5. The first kappa shape index (κ1) is 16.8. The van der Waals surface area contributed by atoms with Crippen LogP contribution >= 0.6 is 0 Å². The summed E-state index contributed by atoms with van der Waals surface area (Å²) in [6, 6.07) is 4.12. The molecule has 1 atom stereocenters. The van der Waals surface area contributed by atoms with Crippen LogP contribution in [0.1, 0.15) is 17.5 Å². The molecule has 9 heteroatoms. The first-order valence-corrected chi connectivity index (χ1v) is 8.07. The molecular formula is C13H14F3NO4S. The molecule has 2 rings (SSSR count). The fourth-order valence-corrected chi connectivity index (χ4v) is 3.90. The van der Waals surface area contributed by atoms with E-state index in [1.54, 1.807) is 0 Å². The van der Waals surface area contributed by atoms with Gasteiger partial charge in [0, 0.05) is 13.1 Å². The number of carboxylic acids is 1. The Morgan fingerprint density at radius 3 is 2.59 bits per heavy atom. The van der Waals surface area contributed by atoms with E-state index in [9.17, 15) is 26.4 Å². The van der Waals surface area contributed by atoms with Gasteiger partial charge in [0.2, 0.25) is 10.0 Å². The Morgan fingerprint density at radius 1 is 1.36 bits per heavy atom. The first-order valence-electron chi connectivity index (χ1n) is 6.46. The quantitative estimate of drug-likeness (QED) is 0.911. The normalized spacial score (nSPS) is 20.2. The number of benzene rings is 1. The van der Waals surface area contributed by atoms with E-state index in [0.717, 1.165) is 22.5 Å². The maximum absolute atomic E-state index is 12.6. The van der Waals surface area contributed by atoms with Crippen LogP contribution in [0.4, 0.5) is 13.2 Å². The summed E-state index contributed by atoms with van der Waals surface area (Å²) in [5, 5.41) is 8.87. The number of halogens is 3. The largest absolute Gasteiger partial charge is 0.481 e. The predicted molar refractivity (Wildman–Crippen MR) is 71.4 cm³/mol. The molecule has 122 valence electrons. The van der Waals surface area contributed by atoms with Crippen molar-refractivity contribution in [1.82, 2.24) is 4.31 Å². The summed E-state index contributed by atoms with van der Waals surface area (Å²) in [4.78, 5) is 10.8. The van der Waals surface area contributed by atoms with Gasteiger partial charge in [0.05, 0.1) is 17.2 Å². The van der Waals surface area contributed by atoms with Crippen LogP contribution < -0.4 is 0 Å². The Balaban J connectivity index is 2.15. The van der Waals surface area contributed by atoms with Gasteiger partial charge in [0.15, 0.2) is 0 Å². The van der Waals surface area contributed by atoms with Crippen LogP contribution in [0.2, 0.25) is 0 Å². The van der Waals surface area contributed by atoms with Crippen molar-refractivity contribution in [3.8, 4) is 0 Å². The number of alkyl halides is 3.